The van der Waals surface area contributed by atoms with Crippen LogP contribution in [0, 0.1) is 6.92 Å². The van der Waals surface area contributed by atoms with E-state index in [1.807, 2.05) is 62.5 Å². The minimum atomic E-state index is -0.173. The molecule has 1 aromatic carbocycles. The van der Waals surface area contributed by atoms with E-state index in [1.165, 1.54) is 23.5 Å². The lowest BCUT2D eigenvalue weighted by Crippen LogP contribution is -2.19. The molecule has 1 N–H and O–H groups in total. The van der Waals surface area contributed by atoms with Gasteiger partial charge >= 0.3 is 0 Å². The standard InChI is InChI=1S/C17H21N5OS2/c1-12-9-16(20-17(19-12)24-4)25-11-15(23)21-18-10-13-5-7-14(8-6-13)22(2)3/h5-10H,11H2,1-4H3,(H,21,23). The largest absolute Gasteiger partial charge is 0.378 e. The summed E-state index contributed by atoms with van der Waals surface area (Å²) in [6.07, 6.45) is 3.55. The van der Waals surface area contributed by atoms with E-state index in [9.17, 15) is 4.79 Å². The topological polar surface area (TPSA) is 70.5 Å². The third-order valence-corrected chi connectivity index (χ3v) is 4.62. The molecule has 0 saturated carbocycles. The van der Waals surface area contributed by atoms with Crippen LogP contribution in [-0.4, -0.2) is 48.2 Å². The van der Waals surface area contributed by atoms with Crippen LogP contribution >= 0.6 is 23.5 Å². The van der Waals surface area contributed by atoms with Gasteiger partial charge in [-0.05, 0) is 36.9 Å². The van der Waals surface area contributed by atoms with Crippen LogP contribution < -0.4 is 10.3 Å². The molecule has 0 aliphatic heterocycles. The molecule has 0 radical (unpaired) electrons. The number of thioether (sulfide) groups is 2. The molecule has 132 valence electrons. The molecule has 1 heterocycles. The van der Waals surface area contributed by atoms with Gasteiger partial charge in [-0.15, -0.1) is 0 Å². The van der Waals surface area contributed by atoms with Gasteiger partial charge in [0.05, 0.1) is 12.0 Å². The van der Waals surface area contributed by atoms with Crippen LogP contribution in [0.3, 0.4) is 0 Å². The van der Waals surface area contributed by atoms with Gasteiger partial charge in [0.2, 0.25) is 5.91 Å². The molecule has 0 saturated heterocycles. The van der Waals surface area contributed by atoms with Gasteiger partial charge in [0.1, 0.15) is 5.03 Å². The maximum atomic E-state index is 11.9. The van der Waals surface area contributed by atoms with Crippen molar-refractivity contribution in [3.05, 3.63) is 41.6 Å². The first-order valence-electron chi connectivity index (χ1n) is 7.59. The lowest BCUT2D eigenvalue weighted by molar-refractivity contribution is -0.118. The smallest absolute Gasteiger partial charge is 0.250 e. The van der Waals surface area contributed by atoms with Crippen molar-refractivity contribution in [1.29, 1.82) is 0 Å². The highest BCUT2D eigenvalue weighted by molar-refractivity contribution is 8.00. The number of aryl methyl sites for hydroxylation is 1. The lowest BCUT2D eigenvalue weighted by atomic mass is 10.2. The Bertz CT molecular complexity index is 747. The lowest BCUT2D eigenvalue weighted by Gasteiger charge is -2.11. The molecule has 0 unspecified atom stereocenters. The summed E-state index contributed by atoms with van der Waals surface area (Å²) >= 11 is 2.85. The first-order chi connectivity index (χ1) is 12.0. The van der Waals surface area contributed by atoms with E-state index >= 15 is 0 Å². The Kier molecular flexibility index (Phi) is 7.27. The van der Waals surface area contributed by atoms with Gasteiger partial charge in [0.15, 0.2) is 5.16 Å². The molecule has 0 spiro atoms. The van der Waals surface area contributed by atoms with Gasteiger partial charge in [-0.3, -0.25) is 4.79 Å². The number of hydrogen-bond donors (Lipinski definition) is 1. The maximum absolute atomic E-state index is 11.9. The van der Waals surface area contributed by atoms with E-state index in [2.05, 4.69) is 20.5 Å². The number of hydrogen-bond acceptors (Lipinski definition) is 7. The Morgan fingerprint density at radius 1 is 1.28 bits per heavy atom. The van der Waals surface area contributed by atoms with Crippen molar-refractivity contribution < 1.29 is 4.79 Å². The van der Waals surface area contributed by atoms with Crippen molar-refractivity contribution in [2.75, 3.05) is 31.0 Å². The summed E-state index contributed by atoms with van der Waals surface area (Å²) in [6, 6.07) is 9.77. The number of aromatic nitrogens is 2. The average molecular weight is 376 g/mol. The zero-order valence-corrected chi connectivity index (χ0v) is 16.3. The zero-order chi connectivity index (χ0) is 18.2. The SMILES string of the molecule is CSc1nc(C)cc(SCC(=O)NN=Cc2ccc(N(C)C)cc2)n1. The van der Waals surface area contributed by atoms with Crippen LogP contribution in [0.15, 0.2) is 45.6 Å². The van der Waals surface area contributed by atoms with E-state index in [0.717, 1.165) is 22.0 Å². The second-order valence-electron chi connectivity index (χ2n) is 5.40. The van der Waals surface area contributed by atoms with Crippen LogP contribution in [0.25, 0.3) is 0 Å². The Morgan fingerprint density at radius 2 is 2.00 bits per heavy atom. The Hall–Kier alpha value is -2.06. The summed E-state index contributed by atoms with van der Waals surface area (Å²) < 4.78 is 0. The molecule has 0 fully saturated rings. The van der Waals surface area contributed by atoms with Gasteiger partial charge in [-0.25, -0.2) is 15.4 Å². The van der Waals surface area contributed by atoms with Crippen molar-refractivity contribution >= 4 is 41.3 Å². The zero-order valence-electron chi connectivity index (χ0n) is 14.7. The Morgan fingerprint density at radius 3 is 2.64 bits per heavy atom. The summed E-state index contributed by atoms with van der Waals surface area (Å²) in [5.41, 5.74) is 5.46. The molecule has 1 amide bonds. The molecule has 6 nitrogen and oxygen atoms in total. The minimum Gasteiger partial charge on any atom is -0.378 e. The molecule has 0 aliphatic carbocycles. The van der Waals surface area contributed by atoms with Crippen molar-refractivity contribution in [3.63, 3.8) is 0 Å². The molecule has 1 aromatic heterocycles. The molecule has 25 heavy (non-hydrogen) atoms. The van der Waals surface area contributed by atoms with E-state index in [0.29, 0.717) is 5.16 Å². The summed E-state index contributed by atoms with van der Waals surface area (Å²) in [6.45, 7) is 1.91. The number of rotatable bonds is 7. The number of benzene rings is 1. The third-order valence-electron chi connectivity index (χ3n) is 3.16. The summed E-state index contributed by atoms with van der Waals surface area (Å²) in [7, 11) is 3.98. The van der Waals surface area contributed by atoms with Crippen molar-refractivity contribution in [3.8, 4) is 0 Å². The number of carbonyl (C=O) groups is 1. The summed E-state index contributed by atoms with van der Waals surface area (Å²) in [5.74, 6) is 0.0781. The predicted molar refractivity (Wildman–Crippen MR) is 106 cm³/mol. The highest BCUT2D eigenvalue weighted by atomic mass is 32.2. The highest BCUT2D eigenvalue weighted by Crippen LogP contribution is 2.19. The monoisotopic (exact) mass is 375 g/mol. The quantitative estimate of drug-likeness (QED) is 0.264. The van der Waals surface area contributed by atoms with E-state index in [1.54, 1.807) is 6.21 Å². The Labute approximate surface area is 156 Å². The fourth-order valence-corrected chi connectivity index (χ4v) is 3.12. The molecular weight excluding hydrogens is 354 g/mol. The second kappa shape index (κ2) is 9.43. The highest BCUT2D eigenvalue weighted by Gasteiger charge is 2.05. The van der Waals surface area contributed by atoms with Crippen LogP contribution in [0.2, 0.25) is 0 Å². The number of carbonyl (C=O) groups excluding carboxylic acids is 1. The van der Waals surface area contributed by atoms with Crippen LogP contribution in [0.4, 0.5) is 5.69 Å². The van der Waals surface area contributed by atoms with Gasteiger partial charge < -0.3 is 4.90 Å². The first kappa shape index (κ1) is 19.3. The summed E-state index contributed by atoms with van der Waals surface area (Å²) in [5, 5.41) is 5.49. The van der Waals surface area contributed by atoms with Crippen LogP contribution in [0.5, 0.6) is 0 Å². The fourth-order valence-electron chi connectivity index (χ4n) is 1.89. The molecular formula is C17H21N5OS2. The fraction of sp³-hybridized carbons (Fsp3) is 0.294. The average Bonchev–Trinajstić information content (AvgIpc) is 2.60. The van der Waals surface area contributed by atoms with Gasteiger partial charge in [-0.2, -0.15) is 5.10 Å². The van der Waals surface area contributed by atoms with E-state index in [-0.39, 0.29) is 11.7 Å². The first-order valence-corrected chi connectivity index (χ1v) is 9.80. The molecule has 2 rings (SSSR count). The molecule has 2 aromatic rings. The molecule has 0 bridgehead atoms. The third kappa shape index (κ3) is 6.39. The van der Waals surface area contributed by atoms with Gasteiger partial charge in [-0.1, -0.05) is 35.7 Å². The maximum Gasteiger partial charge on any atom is 0.250 e. The number of nitrogens with zero attached hydrogens (tertiary/aromatic N) is 4. The van der Waals surface area contributed by atoms with Crippen molar-refractivity contribution in [1.82, 2.24) is 15.4 Å². The Balaban J connectivity index is 1.83. The predicted octanol–water partition coefficient (Wildman–Crippen LogP) is 2.82. The minimum absolute atomic E-state index is 0.173. The van der Waals surface area contributed by atoms with Crippen molar-refractivity contribution in [2.45, 2.75) is 17.1 Å². The molecule has 8 heteroatoms. The van der Waals surface area contributed by atoms with Gasteiger partial charge in [0, 0.05) is 25.5 Å². The number of nitrogens with one attached hydrogen (secondary N) is 1. The number of anilines is 1. The van der Waals surface area contributed by atoms with Crippen LogP contribution in [0.1, 0.15) is 11.3 Å². The van der Waals surface area contributed by atoms with E-state index in [4.69, 9.17) is 0 Å². The number of amides is 1. The van der Waals surface area contributed by atoms with E-state index < -0.39 is 0 Å². The molecule has 0 atom stereocenters. The van der Waals surface area contributed by atoms with Crippen LogP contribution in [-0.2, 0) is 4.79 Å². The normalized spacial score (nSPS) is 10.9. The summed E-state index contributed by atoms with van der Waals surface area (Å²) in [4.78, 5) is 22.6. The number of hydrazone groups is 1. The van der Waals surface area contributed by atoms with Gasteiger partial charge in [0.25, 0.3) is 0 Å². The second-order valence-corrected chi connectivity index (χ2v) is 7.17. The molecule has 0 aliphatic rings. The van der Waals surface area contributed by atoms with Crippen molar-refractivity contribution in [2.24, 2.45) is 5.10 Å².